The van der Waals surface area contributed by atoms with Gasteiger partial charge in [-0.3, -0.25) is 19.4 Å². The lowest BCUT2D eigenvalue weighted by molar-refractivity contribution is -0.165. The van der Waals surface area contributed by atoms with Gasteiger partial charge in [0.1, 0.15) is 12.7 Å². The smallest absolute Gasteiger partial charge is 0.324 e. The molecule has 0 aliphatic rings. The summed E-state index contributed by atoms with van der Waals surface area (Å²) >= 11 is 0. The topological polar surface area (TPSA) is 115 Å². The standard InChI is InChI=1S/C5H10NO6P/c1-4(7)6(9)2-5(8)3-13(10,11)12/h9H,2-3H2,1H3,(H2,10,11,12). The SMILES string of the molecule is CC(=O)N(O)CC(=O)CP(=O)(O)O. The number of amides is 1. The second kappa shape index (κ2) is 4.48. The van der Waals surface area contributed by atoms with E-state index in [-0.39, 0.29) is 5.06 Å². The van der Waals surface area contributed by atoms with Crippen LogP contribution in [0.4, 0.5) is 0 Å². The van der Waals surface area contributed by atoms with E-state index in [0.717, 1.165) is 6.92 Å². The summed E-state index contributed by atoms with van der Waals surface area (Å²) in [5.74, 6) is -1.66. The van der Waals surface area contributed by atoms with Crippen molar-refractivity contribution in [1.29, 1.82) is 0 Å². The lowest BCUT2D eigenvalue weighted by atomic mass is 10.4. The van der Waals surface area contributed by atoms with Gasteiger partial charge in [-0.05, 0) is 0 Å². The van der Waals surface area contributed by atoms with Crippen LogP contribution in [-0.2, 0) is 14.2 Å². The Morgan fingerprint density at radius 3 is 2.15 bits per heavy atom. The van der Waals surface area contributed by atoms with Crippen LogP contribution in [0.3, 0.4) is 0 Å². The molecular weight excluding hydrogens is 201 g/mol. The highest BCUT2D eigenvalue weighted by molar-refractivity contribution is 7.52. The minimum absolute atomic E-state index is 0.0952. The Balaban J connectivity index is 4.03. The maximum atomic E-state index is 10.7. The molecule has 0 saturated heterocycles. The normalized spacial score (nSPS) is 11.1. The fourth-order valence-corrected chi connectivity index (χ4v) is 1.12. The highest BCUT2D eigenvalue weighted by atomic mass is 31.2. The van der Waals surface area contributed by atoms with Gasteiger partial charge in [0.25, 0.3) is 0 Å². The van der Waals surface area contributed by atoms with E-state index in [0.29, 0.717) is 0 Å². The molecule has 0 aliphatic carbocycles. The lowest BCUT2D eigenvalue weighted by Gasteiger charge is -2.11. The number of nitrogens with zero attached hydrogens (tertiary/aromatic N) is 1. The predicted octanol–water partition coefficient (Wildman–Crippen LogP) is -1.03. The molecule has 0 heterocycles. The van der Waals surface area contributed by atoms with Crippen LogP contribution in [0.5, 0.6) is 0 Å². The Bertz CT molecular complexity index is 258. The zero-order valence-corrected chi connectivity index (χ0v) is 7.77. The van der Waals surface area contributed by atoms with Gasteiger partial charge in [0.05, 0.1) is 0 Å². The van der Waals surface area contributed by atoms with Crippen molar-refractivity contribution in [1.82, 2.24) is 5.06 Å². The number of hydrogen-bond donors (Lipinski definition) is 3. The highest BCUT2D eigenvalue weighted by Crippen LogP contribution is 2.33. The quantitative estimate of drug-likeness (QED) is 0.311. The molecule has 0 rings (SSSR count). The molecule has 0 aromatic heterocycles. The molecule has 0 unspecified atom stereocenters. The van der Waals surface area contributed by atoms with Gasteiger partial charge >= 0.3 is 7.60 Å². The average molecular weight is 211 g/mol. The summed E-state index contributed by atoms with van der Waals surface area (Å²) in [6.45, 7) is 0.311. The first-order valence-corrected chi connectivity index (χ1v) is 5.05. The maximum Gasteiger partial charge on any atom is 0.333 e. The van der Waals surface area contributed by atoms with Crippen molar-refractivity contribution in [2.45, 2.75) is 6.92 Å². The molecule has 8 heteroatoms. The van der Waals surface area contributed by atoms with Crippen molar-refractivity contribution < 1.29 is 29.1 Å². The van der Waals surface area contributed by atoms with Crippen molar-refractivity contribution in [2.24, 2.45) is 0 Å². The first kappa shape index (κ1) is 12.2. The fourth-order valence-electron chi connectivity index (χ4n) is 0.558. The summed E-state index contributed by atoms with van der Waals surface area (Å²) in [7, 11) is -4.41. The molecular formula is C5H10NO6P. The van der Waals surface area contributed by atoms with Crippen molar-refractivity contribution in [3.05, 3.63) is 0 Å². The summed E-state index contributed by atoms with van der Waals surface area (Å²) in [6, 6.07) is 0. The maximum absolute atomic E-state index is 10.7. The zero-order chi connectivity index (χ0) is 10.6. The van der Waals surface area contributed by atoms with Gasteiger partial charge in [0.15, 0.2) is 5.78 Å². The third-order valence-corrected chi connectivity index (χ3v) is 1.84. The molecule has 0 atom stereocenters. The van der Waals surface area contributed by atoms with Crippen LogP contribution in [-0.4, -0.2) is 44.5 Å². The minimum Gasteiger partial charge on any atom is -0.324 e. The zero-order valence-electron chi connectivity index (χ0n) is 6.88. The molecule has 0 radical (unpaired) electrons. The number of hydrogen-bond acceptors (Lipinski definition) is 4. The van der Waals surface area contributed by atoms with E-state index in [4.69, 9.17) is 15.0 Å². The molecule has 0 saturated carbocycles. The molecule has 0 aliphatic heterocycles. The number of ketones is 1. The van der Waals surface area contributed by atoms with Crippen LogP contribution in [0.15, 0.2) is 0 Å². The first-order valence-electron chi connectivity index (χ1n) is 3.25. The third-order valence-electron chi connectivity index (χ3n) is 1.07. The molecule has 7 nitrogen and oxygen atoms in total. The number of carbonyl (C=O) groups excluding carboxylic acids is 2. The molecule has 0 fully saturated rings. The number of carbonyl (C=O) groups is 2. The van der Waals surface area contributed by atoms with Gasteiger partial charge in [-0.15, -0.1) is 0 Å². The van der Waals surface area contributed by atoms with Gasteiger partial charge in [-0.25, -0.2) is 5.06 Å². The number of Topliss-reactive ketones (excluding diaryl/α,β-unsaturated/α-hetero) is 1. The van der Waals surface area contributed by atoms with Crippen LogP contribution in [0.1, 0.15) is 6.92 Å². The van der Waals surface area contributed by atoms with E-state index in [2.05, 4.69) is 0 Å². The minimum atomic E-state index is -4.41. The van der Waals surface area contributed by atoms with Crippen LogP contribution in [0.2, 0.25) is 0 Å². The molecule has 13 heavy (non-hydrogen) atoms. The Morgan fingerprint density at radius 2 is 1.85 bits per heavy atom. The monoisotopic (exact) mass is 211 g/mol. The van der Waals surface area contributed by atoms with Crippen LogP contribution in [0, 0.1) is 0 Å². The second-order valence-electron chi connectivity index (χ2n) is 2.44. The van der Waals surface area contributed by atoms with Crippen LogP contribution in [0.25, 0.3) is 0 Å². The summed E-state index contributed by atoms with van der Waals surface area (Å²) < 4.78 is 10.3. The largest absolute Gasteiger partial charge is 0.333 e. The third kappa shape index (κ3) is 6.41. The molecule has 1 amide bonds. The highest BCUT2D eigenvalue weighted by Gasteiger charge is 2.21. The van der Waals surface area contributed by atoms with Crippen molar-refractivity contribution in [3.63, 3.8) is 0 Å². The first-order chi connectivity index (χ1) is 5.72. The van der Waals surface area contributed by atoms with Gasteiger partial charge in [0.2, 0.25) is 5.91 Å². The summed E-state index contributed by atoms with van der Waals surface area (Å²) in [5.41, 5.74) is 0. The van der Waals surface area contributed by atoms with Gasteiger partial charge in [-0.1, -0.05) is 0 Å². The Labute approximate surface area is 74.1 Å². The van der Waals surface area contributed by atoms with E-state index < -0.39 is 32.0 Å². The molecule has 0 bridgehead atoms. The van der Waals surface area contributed by atoms with Gasteiger partial charge < -0.3 is 9.79 Å². The average Bonchev–Trinajstić information content (AvgIpc) is 1.81. The van der Waals surface area contributed by atoms with Crippen LogP contribution >= 0.6 is 7.60 Å². The lowest BCUT2D eigenvalue weighted by Crippen LogP contribution is -2.31. The second-order valence-corrected chi connectivity index (χ2v) is 4.08. The Morgan fingerprint density at radius 1 is 1.38 bits per heavy atom. The van der Waals surface area contributed by atoms with Crippen molar-refractivity contribution in [2.75, 3.05) is 12.7 Å². The van der Waals surface area contributed by atoms with E-state index in [9.17, 15) is 14.2 Å². The van der Waals surface area contributed by atoms with E-state index in [1.807, 2.05) is 0 Å². The fraction of sp³-hybridized carbons (Fsp3) is 0.600. The molecule has 0 aromatic rings. The molecule has 0 aromatic carbocycles. The Kier molecular flexibility index (Phi) is 4.22. The summed E-state index contributed by atoms with van der Waals surface area (Å²) in [5, 5.41) is 8.80. The summed E-state index contributed by atoms with van der Waals surface area (Å²) in [4.78, 5) is 37.8. The van der Waals surface area contributed by atoms with Crippen LogP contribution < -0.4 is 0 Å². The van der Waals surface area contributed by atoms with Crippen molar-refractivity contribution >= 4 is 19.3 Å². The predicted molar refractivity (Wildman–Crippen MR) is 41.1 cm³/mol. The van der Waals surface area contributed by atoms with E-state index in [1.165, 1.54) is 0 Å². The molecule has 76 valence electrons. The Hall–Kier alpha value is -0.750. The summed E-state index contributed by atoms with van der Waals surface area (Å²) in [6.07, 6.45) is -0.975. The van der Waals surface area contributed by atoms with E-state index >= 15 is 0 Å². The van der Waals surface area contributed by atoms with Gasteiger partial charge in [0, 0.05) is 6.92 Å². The van der Waals surface area contributed by atoms with E-state index in [1.54, 1.807) is 0 Å². The number of hydroxylamine groups is 2. The van der Waals surface area contributed by atoms with Crippen molar-refractivity contribution in [3.8, 4) is 0 Å². The molecule has 0 spiro atoms. The number of rotatable bonds is 4. The molecule has 3 N–H and O–H groups in total. The van der Waals surface area contributed by atoms with Gasteiger partial charge in [-0.2, -0.15) is 0 Å².